The highest BCUT2D eigenvalue weighted by molar-refractivity contribution is 5.93. The lowest BCUT2D eigenvalue weighted by molar-refractivity contribution is -0.159. The monoisotopic (exact) mass is 449 g/mol. The predicted octanol–water partition coefficient (Wildman–Crippen LogP) is 1.23. The van der Waals surface area contributed by atoms with Gasteiger partial charge in [-0.3, -0.25) is 14.4 Å². The van der Waals surface area contributed by atoms with E-state index < -0.39 is 53.5 Å². The van der Waals surface area contributed by atoms with E-state index in [-0.39, 0.29) is 13.0 Å². The molecule has 0 heterocycles. The van der Waals surface area contributed by atoms with Crippen LogP contribution in [0.25, 0.3) is 0 Å². The molecule has 0 fully saturated rings. The molecule has 4 N–H and O–H groups in total. The molecule has 2 atom stereocenters. The zero-order valence-corrected chi connectivity index (χ0v) is 19.7. The summed E-state index contributed by atoms with van der Waals surface area (Å²) in [7, 11) is 0. The molecule has 0 unspecified atom stereocenters. The fraction of sp³-hybridized carbons (Fsp3) is 0.565. The van der Waals surface area contributed by atoms with E-state index in [0.717, 1.165) is 5.56 Å². The number of hydrogen-bond acceptors (Lipinski definition) is 7. The molecule has 0 aromatic heterocycles. The number of hydrogen-bond donors (Lipinski definition) is 3. The highest BCUT2D eigenvalue weighted by atomic mass is 16.6. The third-order valence-corrected chi connectivity index (χ3v) is 3.92. The van der Waals surface area contributed by atoms with Gasteiger partial charge in [0, 0.05) is 6.42 Å². The summed E-state index contributed by atoms with van der Waals surface area (Å²) < 4.78 is 10.7. The Morgan fingerprint density at radius 2 is 1.44 bits per heavy atom. The molecule has 1 rings (SSSR count). The van der Waals surface area contributed by atoms with Gasteiger partial charge >= 0.3 is 11.9 Å². The Hall–Kier alpha value is -2.94. The average Bonchev–Trinajstić information content (AvgIpc) is 2.64. The van der Waals surface area contributed by atoms with Gasteiger partial charge in [0.05, 0.1) is 13.0 Å². The lowest BCUT2D eigenvalue weighted by Gasteiger charge is -2.27. The van der Waals surface area contributed by atoms with Crippen LogP contribution in [0.4, 0.5) is 0 Å². The van der Waals surface area contributed by atoms with E-state index in [0.29, 0.717) is 0 Å². The van der Waals surface area contributed by atoms with Crippen molar-refractivity contribution in [2.75, 3.05) is 6.54 Å². The minimum atomic E-state index is -1.26. The molecule has 0 saturated heterocycles. The van der Waals surface area contributed by atoms with Crippen molar-refractivity contribution in [2.24, 2.45) is 5.73 Å². The van der Waals surface area contributed by atoms with E-state index in [9.17, 15) is 19.2 Å². The van der Waals surface area contributed by atoms with Crippen molar-refractivity contribution in [2.45, 2.75) is 77.7 Å². The van der Waals surface area contributed by atoms with Crippen molar-refractivity contribution >= 4 is 23.8 Å². The summed E-state index contributed by atoms with van der Waals surface area (Å²) in [5.74, 6) is -2.64. The van der Waals surface area contributed by atoms with Gasteiger partial charge in [-0.2, -0.15) is 0 Å². The third kappa shape index (κ3) is 10.9. The Bertz CT molecular complexity index is 796. The van der Waals surface area contributed by atoms with Gasteiger partial charge in [0.25, 0.3) is 0 Å². The largest absolute Gasteiger partial charge is 0.460 e. The summed E-state index contributed by atoms with van der Waals surface area (Å²) in [5.41, 5.74) is 4.62. The fourth-order valence-corrected chi connectivity index (χ4v) is 2.70. The van der Waals surface area contributed by atoms with Gasteiger partial charge < -0.3 is 25.8 Å². The number of esters is 2. The second-order valence-electron chi connectivity index (χ2n) is 9.40. The Morgan fingerprint density at radius 3 is 1.94 bits per heavy atom. The van der Waals surface area contributed by atoms with Gasteiger partial charge in [-0.25, -0.2) is 4.79 Å². The topological polar surface area (TPSA) is 137 Å². The zero-order valence-electron chi connectivity index (χ0n) is 19.7. The van der Waals surface area contributed by atoms with Crippen molar-refractivity contribution in [3.8, 4) is 0 Å². The van der Waals surface area contributed by atoms with Crippen LogP contribution in [-0.2, 0) is 35.1 Å². The van der Waals surface area contributed by atoms with E-state index in [1.807, 2.05) is 30.3 Å². The Kier molecular flexibility index (Phi) is 9.83. The molecule has 0 bridgehead atoms. The molecule has 0 aliphatic carbocycles. The smallest absolute Gasteiger partial charge is 0.329 e. The molecule has 0 saturated carbocycles. The molecule has 178 valence electrons. The normalized spacial score (nSPS) is 13.5. The molecule has 9 heteroatoms. The number of nitrogens with one attached hydrogen (secondary N) is 2. The second kappa shape index (κ2) is 11.6. The summed E-state index contributed by atoms with van der Waals surface area (Å²) in [4.78, 5) is 49.9. The van der Waals surface area contributed by atoms with Crippen LogP contribution in [0.3, 0.4) is 0 Å². The molecule has 0 radical (unpaired) electrons. The molecule has 32 heavy (non-hydrogen) atoms. The van der Waals surface area contributed by atoms with E-state index in [2.05, 4.69) is 10.6 Å². The fourth-order valence-electron chi connectivity index (χ4n) is 2.70. The van der Waals surface area contributed by atoms with Gasteiger partial charge in [0.2, 0.25) is 11.8 Å². The summed E-state index contributed by atoms with van der Waals surface area (Å²) in [6.07, 6.45) is -0.243. The maximum atomic E-state index is 13.0. The summed E-state index contributed by atoms with van der Waals surface area (Å²) >= 11 is 0. The summed E-state index contributed by atoms with van der Waals surface area (Å²) in [6.45, 7) is 9.87. The van der Waals surface area contributed by atoms with Crippen LogP contribution in [0.5, 0.6) is 0 Å². The first-order chi connectivity index (χ1) is 14.7. The average molecular weight is 450 g/mol. The van der Waals surface area contributed by atoms with Crippen LogP contribution >= 0.6 is 0 Å². The van der Waals surface area contributed by atoms with E-state index in [4.69, 9.17) is 15.2 Å². The molecule has 9 nitrogen and oxygen atoms in total. The van der Waals surface area contributed by atoms with Crippen molar-refractivity contribution in [3.05, 3.63) is 35.9 Å². The van der Waals surface area contributed by atoms with Crippen molar-refractivity contribution in [3.63, 3.8) is 0 Å². The molecule has 1 aromatic rings. The van der Waals surface area contributed by atoms with Crippen molar-refractivity contribution in [1.29, 1.82) is 0 Å². The van der Waals surface area contributed by atoms with E-state index in [1.54, 1.807) is 41.5 Å². The summed E-state index contributed by atoms with van der Waals surface area (Å²) in [5, 5.41) is 5.02. The van der Waals surface area contributed by atoms with Crippen LogP contribution in [-0.4, -0.2) is 53.6 Å². The van der Waals surface area contributed by atoms with Gasteiger partial charge in [-0.1, -0.05) is 30.3 Å². The Labute approximate surface area is 189 Å². The van der Waals surface area contributed by atoms with Crippen LogP contribution in [0.2, 0.25) is 0 Å². The molecule has 1 aromatic carbocycles. The number of nitrogens with two attached hydrogens (primary N) is 1. The highest BCUT2D eigenvalue weighted by Gasteiger charge is 2.32. The first-order valence-corrected chi connectivity index (χ1v) is 10.5. The predicted molar refractivity (Wildman–Crippen MR) is 119 cm³/mol. The van der Waals surface area contributed by atoms with Crippen LogP contribution in [0.1, 0.15) is 53.5 Å². The Morgan fingerprint density at radius 1 is 0.875 bits per heavy atom. The first kappa shape index (κ1) is 27.1. The quantitative estimate of drug-likeness (QED) is 0.482. The van der Waals surface area contributed by atoms with E-state index >= 15 is 0 Å². The number of carbonyl (C=O) groups is 4. The van der Waals surface area contributed by atoms with Crippen LogP contribution in [0, 0.1) is 0 Å². The van der Waals surface area contributed by atoms with Gasteiger partial charge in [0.15, 0.2) is 0 Å². The lowest BCUT2D eigenvalue weighted by atomic mass is 10.0. The molecule has 2 amide bonds. The van der Waals surface area contributed by atoms with Crippen LogP contribution < -0.4 is 16.4 Å². The number of amides is 2. The number of carbonyl (C=O) groups excluding carboxylic acids is 4. The van der Waals surface area contributed by atoms with Gasteiger partial charge in [0.1, 0.15) is 23.3 Å². The van der Waals surface area contributed by atoms with Crippen LogP contribution in [0.15, 0.2) is 30.3 Å². The number of rotatable bonds is 9. The number of benzene rings is 1. The molecular formula is C23H35N3O6. The van der Waals surface area contributed by atoms with Gasteiger partial charge in [-0.05, 0) is 47.1 Å². The van der Waals surface area contributed by atoms with E-state index in [1.165, 1.54) is 0 Å². The SMILES string of the molecule is CC(C)(C)OC(=O)C[C@H](NC(=O)CN)C(=O)N[C@@H](Cc1ccccc1)C(=O)OC(C)(C)C. The maximum Gasteiger partial charge on any atom is 0.329 e. The molecule has 0 spiro atoms. The van der Waals surface area contributed by atoms with Crippen molar-refractivity contribution in [1.82, 2.24) is 10.6 Å². The summed E-state index contributed by atoms with van der Waals surface area (Å²) in [6, 6.07) is 6.81. The van der Waals surface area contributed by atoms with Gasteiger partial charge in [-0.15, -0.1) is 0 Å². The number of ether oxygens (including phenoxy) is 2. The first-order valence-electron chi connectivity index (χ1n) is 10.5. The Balaban J connectivity index is 3.06. The lowest BCUT2D eigenvalue weighted by Crippen LogP contribution is -2.54. The standard InChI is InChI=1S/C23H35N3O6/c1-22(2,3)31-19(28)13-16(25-18(27)14-24)20(29)26-17(21(30)32-23(4,5)6)12-15-10-8-7-9-11-15/h7-11,16-17H,12-14,24H2,1-6H3,(H,25,27)(H,26,29)/t16-,17-/m0/s1. The molecular weight excluding hydrogens is 414 g/mol. The minimum Gasteiger partial charge on any atom is -0.460 e. The third-order valence-electron chi connectivity index (χ3n) is 3.92. The zero-order chi connectivity index (χ0) is 24.5. The highest BCUT2D eigenvalue weighted by Crippen LogP contribution is 2.13. The minimum absolute atomic E-state index is 0.172. The molecule has 0 aliphatic rings. The maximum absolute atomic E-state index is 13.0. The molecule has 0 aliphatic heterocycles. The van der Waals surface area contributed by atoms with Crippen molar-refractivity contribution < 1.29 is 28.7 Å². The second-order valence-corrected chi connectivity index (χ2v) is 9.40.